The summed E-state index contributed by atoms with van der Waals surface area (Å²) in [6.07, 6.45) is 6.51. The molecule has 0 aliphatic heterocycles. The topological polar surface area (TPSA) is 43.1 Å². The summed E-state index contributed by atoms with van der Waals surface area (Å²) in [6.45, 7) is 0. The van der Waals surface area contributed by atoms with Crippen molar-refractivity contribution in [2.45, 2.75) is 6.42 Å². The van der Waals surface area contributed by atoms with E-state index in [0.29, 0.717) is 0 Å². The highest BCUT2D eigenvalue weighted by Gasteiger charge is 2.24. The molecule has 7 rings (SSSR count). The van der Waals surface area contributed by atoms with Crippen molar-refractivity contribution in [3.05, 3.63) is 84.3 Å². The van der Waals surface area contributed by atoms with Crippen LogP contribution >= 0.6 is 0 Å². The van der Waals surface area contributed by atoms with E-state index in [2.05, 4.69) is 51.8 Å². The molecule has 0 unspecified atom stereocenters. The van der Waals surface area contributed by atoms with E-state index in [1.54, 1.807) is 0 Å². The number of nitrogens with zero attached hydrogens (tertiary/aromatic N) is 4. The lowest BCUT2D eigenvalue weighted by atomic mass is 10.0. The zero-order chi connectivity index (χ0) is 18.2. The molecule has 4 heterocycles. The van der Waals surface area contributed by atoms with Crippen molar-refractivity contribution in [3.8, 4) is 11.1 Å². The molecule has 2 aromatic carbocycles. The molecule has 4 nitrogen and oxygen atoms in total. The highest BCUT2D eigenvalue weighted by molar-refractivity contribution is 6.12. The minimum Gasteiger partial charge on any atom is -0.290 e. The van der Waals surface area contributed by atoms with Crippen molar-refractivity contribution >= 4 is 38.5 Å². The van der Waals surface area contributed by atoms with Crippen molar-refractivity contribution in [1.82, 2.24) is 19.4 Å². The first-order valence-electron chi connectivity index (χ1n) is 9.43. The fraction of sp³-hybridized carbons (Fsp3) is 0.0417. The van der Waals surface area contributed by atoms with Crippen LogP contribution in [0, 0.1) is 0 Å². The molecule has 0 bridgehead atoms. The predicted octanol–water partition coefficient (Wildman–Crippen LogP) is 5.16. The minimum atomic E-state index is 0.934. The van der Waals surface area contributed by atoms with Crippen molar-refractivity contribution in [2.24, 2.45) is 0 Å². The summed E-state index contributed by atoms with van der Waals surface area (Å²) in [5.41, 5.74) is 10.6. The summed E-state index contributed by atoms with van der Waals surface area (Å²) >= 11 is 0. The smallest absolute Gasteiger partial charge is 0.148 e. The van der Waals surface area contributed by atoms with Gasteiger partial charge < -0.3 is 0 Å². The molecule has 0 saturated heterocycles. The van der Waals surface area contributed by atoms with Gasteiger partial charge in [-0.3, -0.25) is 14.4 Å². The molecule has 0 fully saturated rings. The zero-order valence-electron chi connectivity index (χ0n) is 14.9. The number of fused-ring (bicyclic) bond motifs is 12. The van der Waals surface area contributed by atoms with Gasteiger partial charge in [0.25, 0.3) is 0 Å². The molecule has 130 valence electrons. The highest BCUT2D eigenvalue weighted by atomic mass is 15.0. The van der Waals surface area contributed by atoms with Crippen molar-refractivity contribution in [3.63, 3.8) is 0 Å². The van der Waals surface area contributed by atoms with Gasteiger partial charge in [0, 0.05) is 35.8 Å². The molecular weight excluding hydrogens is 344 g/mol. The van der Waals surface area contributed by atoms with Gasteiger partial charge in [0.2, 0.25) is 0 Å². The maximum atomic E-state index is 5.03. The van der Waals surface area contributed by atoms with E-state index >= 15 is 0 Å². The van der Waals surface area contributed by atoms with Gasteiger partial charge in [-0.05, 0) is 46.5 Å². The SMILES string of the molecule is c1ccc2c(c1)Cc1c-2ccc2nc3c4cnccc4c4ncccc4n3c12. The molecular formula is C24H14N4. The molecule has 0 N–H and O–H groups in total. The fourth-order valence-electron chi connectivity index (χ4n) is 4.77. The van der Waals surface area contributed by atoms with Crippen LogP contribution in [0.5, 0.6) is 0 Å². The van der Waals surface area contributed by atoms with Crippen LogP contribution in [0.3, 0.4) is 0 Å². The Morgan fingerprint density at radius 2 is 1.79 bits per heavy atom. The third-order valence-electron chi connectivity index (χ3n) is 5.94. The van der Waals surface area contributed by atoms with Gasteiger partial charge >= 0.3 is 0 Å². The predicted molar refractivity (Wildman–Crippen MR) is 112 cm³/mol. The van der Waals surface area contributed by atoms with Crippen LogP contribution in [0.15, 0.2) is 73.2 Å². The van der Waals surface area contributed by atoms with Gasteiger partial charge in [0.1, 0.15) is 5.65 Å². The molecule has 1 aliphatic carbocycles. The van der Waals surface area contributed by atoms with Gasteiger partial charge in [-0.25, -0.2) is 4.98 Å². The number of hydrogen-bond donors (Lipinski definition) is 0. The van der Waals surface area contributed by atoms with Crippen molar-refractivity contribution < 1.29 is 0 Å². The summed E-state index contributed by atoms with van der Waals surface area (Å²) in [4.78, 5) is 14.1. The molecule has 1 aliphatic rings. The summed E-state index contributed by atoms with van der Waals surface area (Å²) in [6, 6.07) is 19.2. The number of imidazole rings is 1. The lowest BCUT2D eigenvalue weighted by molar-refractivity contribution is 1.23. The minimum absolute atomic E-state index is 0.934. The number of benzene rings is 2. The van der Waals surface area contributed by atoms with Crippen LogP contribution in [0.4, 0.5) is 0 Å². The number of pyridine rings is 3. The molecule has 0 saturated carbocycles. The van der Waals surface area contributed by atoms with E-state index < -0.39 is 0 Å². The second-order valence-corrected chi connectivity index (χ2v) is 7.36. The van der Waals surface area contributed by atoms with E-state index in [1.807, 2.05) is 30.7 Å². The highest BCUT2D eigenvalue weighted by Crippen LogP contribution is 2.41. The molecule has 4 aromatic heterocycles. The third kappa shape index (κ3) is 1.63. The Hall–Kier alpha value is -3.79. The fourth-order valence-corrected chi connectivity index (χ4v) is 4.77. The van der Waals surface area contributed by atoms with E-state index in [4.69, 9.17) is 9.97 Å². The van der Waals surface area contributed by atoms with Crippen molar-refractivity contribution in [1.29, 1.82) is 0 Å². The lowest BCUT2D eigenvalue weighted by Gasteiger charge is -2.09. The van der Waals surface area contributed by atoms with Crippen LogP contribution < -0.4 is 0 Å². The largest absolute Gasteiger partial charge is 0.290 e. The molecule has 0 atom stereocenters. The maximum absolute atomic E-state index is 5.03. The quantitative estimate of drug-likeness (QED) is 0.352. The molecule has 0 amide bonds. The van der Waals surface area contributed by atoms with Gasteiger partial charge in [0.15, 0.2) is 0 Å². The Morgan fingerprint density at radius 3 is 2.79 bits per heavy atom. The summed E-state index contributed by atoms with van der Waals surface area (Å²) in [5.74, 6) is 0. The normalized spacial score (nSPS) is 12.9. The molecule has 0 radical (unpaired) electrons. The second-order valence-electron chi connectivity index (χ2n) is 7.36. The first-order valence-corrected chi connectivity index (χ1v) is 9.43. The Labute approximate surface area is 160 Å². The first kappa shape index (κ1) is 14.3. The van der Waals surface area contributed by atoms with Crippen LogP contribution in [0.25, 0.3) is 49.6 Å². The van der Waals surface area contributed by atoms with E-state index in [1.165, 1.54) is 27.8 Å². The second kappa shape index (κ2) is 4.93. The Morgan fingerprint density at radius 1 is 0.821 bits per heavy atom. The van der Waals surface area contributed by atoms with E-state index in [-0.39, 0.29) is 0 Å². The Kier molecular flexibility index (Phi) is 2.51. The average molecular weight is 358 g/mol. The number of rotatable bonds is 0. The van der Waals surface area contributed by atoms with Crippen LogP contribution in [0.2, 0.25) is 0 Å². The third-order valence-corrected chi connectivity index (χ3v) is 5.94. The maximum Gasteiger partial charge on any atom is 0.148 e. The van der Waals surface area contributed by atoms with Gasteiger partial charge in [-0.2, -0.15) is 0 Å². The molecule has 6 aromatic rings. The lowest BCUT2D eigenvalue weighted by Crippen LogP contribution is -1.95. The monoisotopic (exact) mass is 358 g/mol. The Bertz CT molecular complexity index is 1590. The first-order chi connectivity index (χ1) is 13.9. The van der Waals surface area contributed by atoms with Crippen LogP contribution in [0.1, 0.15) is 11.1 Å². The summed E-state index contributed by atoms with van der Waals surface area (Å²) < 4.78 is 2.28. The molecule has 0 spiro atoms. The summed E-state index contributed by atoms with van der Waals surface area (Å²) in [7, 11) is 0. The van der Waals surface area contributed by atoms with Crippen molar-refractivity contribution in [2.75, 3.05) is 0 Å². The van der Waals surface area contributed by atoms with Gasteiger partial charge in [0.05, 0.1) is 22.1 Å². The molecule has 4 heteroatoms. The van der Waals surface area contributed by atoms with Crippen LogP contribution in [-0.2, 0) is 6.42 Å². The van der Waals surface area contributed by atoms with E-state index in [9.17, 15) is 0 Å². The van der Waals surface area contributed by atoms with Gasteiger partial charge in [-0.1, -0.05) is 30.3 Å². The molecule has 28 heavy (non-hydrogen) atoms. The standard InChI is InChI=1S/C24H14N4/c1-2-5-15-14(4-1)12-18-16(15)7-8-20-23(18)28-21-6-3-10-26-22(21)17-9-11-25-13-19(17)24(28)27-20/h1-11,13H,12H2. The summed E-state index contributed by atoms with van der Waals surface area (Å²) in [5, 5.41) is 2.13. The number of aromatic nitrogens is 4. The van der Waals surface area contributed by atoms with Crippen LogP contribution in [-0.4, -0.2) is 19.4 Å². The number of hydrogen-bond acceptors (Lipinski definition) is 3. The average Bonchev–Trinajstić information content (AvgIpc) is 3.32. The Balaban J connectivity index is 1.76. The van der Waals surface area contributed by atoms with E-state index in [0.717, 1.165) is 39.4 Å². The zero-order valence-corrected chi connectivity index (χ0v) is 14.9. The van der Waals surface area contributed by atoms with Gasteiger partial charge in [-0.15, -0.1) is 0 Å².